The van der Waals surface area contributed by atoms with E-state index in [4.69, 9.17) is 32.7 Å². The lowest BCUT2D eigenvalue weighted by atomic mass is 10.1. The average Bonchev–Trinajstić information content (AvgIpc) is 2.51. The van der Waals surface area contributed by atoms with Gasteiger partial charge in [-0.2, -0.15) is 0 Å². The van der Waals surface area contributed by atoms with Gasteiger partial charge in [0.1, 0.15) is 5.15 Å². The minimum Gasteiger partial charge on any atom is -0.475 e. The number of unbranched alkanes of at least 4 members (excludes halogenated alkanes) is 5. The molecule has 1 heterocycles. The van der Waals surface area contributed by atoms with Gasteiger partial charge < -0.3 is 9.47 Å². The zero-order valence-electron chi connectivity index (χ0n) is 13.8. The second-order valence-corrected chi connectivity index (χ2v) is 6.08. The highest BCUT2D eigenvalue weighted by Gasteiger charge is 2.22. The number of hydrogen-bond donors (Lipinski definition) is 0. The summed E-state index contributed by atoms with van der Waals surface area (Å²) < 4.78 is 10.8. The van der Waals surface area contributed by atoms with Gasteiger partial charge in [0.05, 0.1) is 6.61 Å². The first-order valence-electron chi connectivity index (χ1n) is 8.23. The molecule has 0 amide bonds. The Morgan fingerprint density at radius 1 is 1.13 bits per heavy atom. The lowest BCUT2D eigenvalue weighted by Crippen LogP contribution is -2.29. The Labute approximate surface area is 148 Å². The Bertz CT molecular complexity index is 483. The van der Waals surface area contributed by atoms with Gasteiger partial charge in [-0.05, 0) is 31.9 Å². The smallest absolute Gasteiger partial charge is 0.347 e. The van der Waals surface area contributed by atoms with Crippen molar-refractivity contribution in [1.82, 2.24) is 4.98 Å². The zero-order valence-corrected chi connectivity index (χ0v) is 15.3. The molecule has 0 aliphatic heterocycles. The number of nitrogens with zero attached hydrogens (tertiary/aromatic N) is 1. The van der Waals surface area contributed by atoms with Crippen LogP contribution in [0.2, 0.25) is 10.3 Å². The maximum Gasteiger partial charge on any atom is 0.347 e. The molecule has 0 N–H and O–H groups in total. The zero-order chi connectivity index (χ0) is 17.1. The molecule has 0 radical (unpaired) electrons. The summed E-state index contributed by atoms with van der Waals surface area (Å²) in [5, 5.41) is 0.431. The second-order valence-electron chi connectivity index (χ2n) is 5.34. The number of halogens is 2. The lowest BCUT2D eigenvalue weighted by Gasteiger charge is -2.18. The number of pyridine rings is 1. The quantitative estimate of drug-likeness (QED) is 0.298. The average molecular weight is 362 g/mol. The van der Waals surface area contributed by atoms with Crippen molar-refractivity contribution in [3.63, 3.8) is 0 Å². The first-order chi connectivity index (χ1) is 11.1. The summed E-state index contributed by atoms with van der Waals surface area (Å²) in [6.45, 7) is 4.28. The van der Waals surface area contributed by atoms with Gasteiger partial charge in [-0.3, -0.25) is 0 Å². The van der Waals surface area contributed by atoms with Crippen LogP contribution in [-0.2, 0) is 9.53 Å². The number of carbonyl (C=O) groups is 1. The minimum absolute atomic E-state index is 0.148. The van der Waals surface area contributed by atoms with Gasteiger partial charge in [-0.1, -0.05) is 62.2 Å². The van der Waals surface area contributed by atoms with Crippen molar-refractivity contribution in [2.75, 3.05) is 6.61 Å². The molecule has 0 saturated heterocycles. The van der Waals surface area contributed by atoms with Crippen molar-refractivity contribution in [1.29, 1.82) is 0 Å². The van der Waals surface area contributed by atoms with Gasteiger partial charge in [0.25, 0.3) is 0 Å². The van der Waals surface area contributed by atoms with Gasteiger partial charge in [0.15, 0.2) is 17.0 Å². The molecular formula is C17H25Cl2NO3. The van der Waals surface area contributed by atoms with Crippen LogP contribution < -0.4 is 4.74 Å². The SMILES string of the molecule is CCCCCCCCC(Oc1ccc(Cl)nc1Cl)C(=O)OCC. The third kappa shape index (κ3) is 7.89. The van der Waals surface area contributed by atoms with Crippen molar-refractivity contribution in [3.8, 4) is 5.75 Å². The number of aromatic nitrogens is 1. The number of esters is 1. The number of rotatable bonds is 11. The van der Waals surface area contributed by atoms with Crippen LogP contribution >= 0.6 is 23.2 Å². The van der Waals surface area contributed by atoms with E-state index in [1.807, 2.05) is 0 Å². The van der Waals surface area contributed by atoms with E-state index < -0.39 is 6.10 Å². The summed E-state index contributed by atoms with van der Waals surface area (Å²) in [6.07, 6.45) is 6.80. The fourth-order valence-electron chi connectivity index (χ4n) is 2.21. The Morgan fingerprint density at radius 2 is 1.83 bits per heavy atom. The largest absolute Gasteiger partial charge is 0.475 e. The molecule has 0 aliphatic carbocycles. The summed E-state index contributed by atoms with van der Waals surface area (Å²) in [6, 6.07) is 3.20. The minimum atomic E-state index is -0.665. The van der Waals surface area contributed by atoms with Crippen molar-refractivity contribution >= 4 is 29.2 Å². The molecule has 1 rings (SSSR count). The normalized spacial score (nSPS) is 12.0. The molecule has 0 aromatic carbocycles. The molecule has 0 aliphatic rings. The van der Waals surface area contributed by atoms with Gasteiger partial charge in [0.2, 0.25) is 0 Å². The molecule has 1 unspecified atom stereocenters. The van der Waals surface area contributed by atoms with Crippen LogP contribution in [0.4, 0.5) is 0 Å². The molecular weight excluding hydrogens is 337 g/mol. The highest BCUT2D eigenvalue weighted by Crippen LogP contribution is 2.26. The first-order valence-corrected chi connectivity index (χ1v) is 8.99. The predicted octanol–water partition coefficient (Wildman–Crippen LogP) is 5.45. The van der Waals surface area contributed by atoms with Crippen LogP contribution in [0.25, 0.3) is 0 Å². The van der Waals surface area contributed by atoms with Gasteiger partial charge >= 0.3 is 5.97 Å². The van der Waals surface area contributed by atoms with E-state index in [1.54, 1.807) is 19.1 Å². The maximum absolute atomic E-state index is 12.1. The lowest BCUT2D eigenvalue weighted by molar-refractivity contribution is -0.151. The van der Waals surface area contributed by atoms with E-state index in [1.165, 1.54) is 25.7 Å². The fourth-order valence-corrected chi connectivity index (χ4v) is 2.60. The van der Waals surface area contributed by atoms with E-state index in [2.05, 4.69) is 11.9 Å². The summed E-state index contributed by atoms with van der Waals surface area (Å²) in [5.74, 6) is -0.0211. The number of carbonyl (C=O) groups excluding carboxylic acids is 1. The van der Waals surface area contributed by atoms with Crippen molar-refractivity contribution in [2.45, 2.75) is 64.9 Å². The van der Waals surface area contributed by atoms with E-state index >= 15 is 0 Å². The number of hydrogen-bond acceptors (Lipinski definition) is 4. The molecule has 1 aromatic rings. The second kappa shape index (κ2) is 11.5. The first kappa shape index (κ1) is 20.0. The van der Waals surface area contributed by atoms with Crippen molar-refractivity contribution in [2.24, 2.45) is 0 Å². The summed E-state index contributed by atoms with van der Waals surface area (Å²) >= 11 is 11.8. The molecule has 0 spiro atoms. The van der Waals surface area contributed by atoms with Crippen molar-refractivity contribution in [3.05, 3.63) is 22.4 Å². The van der Waals surface area contributed by atoms with Crippen LogP contribution in [0.1, 0.15) is 58.8 Å². The van der Waals surface area contributed by atoms with Crippen LogP contribution in [0.15, 0.2) is 12.1 Å². The summed E-state index contributed by atoms with van der Waals surface area (Å²) in [5.41, 5.74) is 0. The monoisotopic (exact) mass is 361 g/mol. The topological polar surface area (TPSA) is 48.4 Å². The van der Waals surface area contributed by atoms with Crippen LogP contribution in [-0.4, -0.2) is 23.7 Å². The molecule has 6 heteroatoms. The molecule has 1 atom stereocenters. The molecule has 0 saturated carbocycles. The molecule has 1 aromatic heterocycles. The van der Waals surface area contributed by atoms with Crippen LogP contribution in [0, 0.1) is 0 Å². The fraction of sp³-hybridized carbons (Fsp3) is 0.647. The van der Waals surface area contributed by atoms with E-state index in [0.29, 0.717) is 18.8 Å². The van der Waals surface area contributed by atoms with E-state index in [0.717, 1.165) is 12.8 Å². The summed E-state index contributed by atoms with van der Waals surface area (Å²) in [7, 11) is 0. The van der Waals surface area contributed by atoms with Gasteiger partial charge in [-0.15, -0.1) is 0 Å². The Kier molecular flexibility index (Phi) is 10.0. The van der Waals surface area contributed by atoms with Crippen molar-refractivity contribution < 1.29 is 14.3 Å². The third-order valence-corrected chi connectivity index (χ3v) is 3.90. The predicted molar refractivity (Wildman–Crippen MR) is 93.3 cm³/mol. The molecule has 130 valence electrons. The molecule has 4 nitrogen and oxygen atoms in total. The highest BCUT2D eigenvalue weighted by atomic mass is 35.5. The summed E-state index contributed by atoms with van der Waals surface area (Å²) in [4.78, 5) is 16.0. The van der Waals surface area contributed by atoms with Gasteiger partial charge in [0, 0.05) is 0 Å². The van der Waals surface area contributed by atoms with E-state index in [-0.39, 0.29) is 16.3 Å². The molecule has 0 bridgehead atoms. The Morgan fingerprint density at radius 3 is 2.48 bits per heavy atom. The maximum atomic E-state index is 12.1. The highest BCUT2D eigenvalue weighted by molar-refractivity contribution is 6.33. The van der Waals surface area contributed by atoms with Gasteiger partial charge in [-0.25, -0.2) is 9.78 Å². The number of ether oxygens (including phenoxy) is 2. The Hall–Kier alpha value is -1.00. The Balaban J connectivity index is 2.56. The third-order valence-electron chi connectivity index (χ3n) is 3.42. The molecule has 23 heavy (non-hydrogen) atoms. The van der Waals surface area contributed by atoms with Crippen LogP contribution in [0.3, 0.4) is 0 Å². The van der Waals surface area contributed by atoms with E-state index in [9.17, 15) is 4.79 Å². The standard InChI is InChI=1S/C17H25Cl2NO3/c1-3-5-6-7-8-9-10-14(17(21)22-4-2)23-13-11-12-15(18)20-16(13)19/h11-12,14H,3-10H2,1-2H3. The molecule has 0 fully saturated rings. The van der Waals surface area contributed by atoms with Crippen LogP contribution in [0.5, 0.6) is 5.75 Å².